The molecule has 17 heavy (non-hydrogen) atoms. The predicted octanol–water partition coefficient (Wildman–Crippen LogP) is 1.62. The van der Waals surface area contributed by atoms with Crippen LogP contribution in [0.1, 0.15) is 20.8 Å². The summed E-state index contributed by atoms with van der Waals surface area (Å²) >= 11 is 1.66. The second-order valence-corrected chi connectivity index (χ2v) is 6.55. The maximum absolute atomic E-state index is 12.7. The Morgan fingerprint density at radius 3 is 2.06 bits per heavy atom. The molecular weight excluding hydrogens is 253 g/mol. The quantitative estimate of drug-likeness (QED) is 0.787. The van der Waals surface area contributed by atoms with Gasteiger partial charge in [0.1, 0.15) is 0 Å². The highest BCUT2D eigenvalue weighted by molar-refractivity contribution is 8.00. The molecule has 0 aromatic rings. The molecule has 1 fully saturated rings. The summed E-state index contributed by atoms with van der Waals surface area (Å²) < 4.78 is 38.0. The third-order valence-corrected chi connectivity index (χ3v) is 3.97. The van der Waals surface area contributed by atoms with Crippen molar-refractivity contribution in [3.8, 4) is 0 Å². The van der Waals surface area contributed by atoms with E-state index in [1.165, 1.54) is 4.90 Å². The Morgan fingerprint density at radius 1 is 1.29 bits per heavy atom. The third-order valence-electron chi connectivity index (χ3n) is 2.74. The SMILES string of the molecule is CC1CN(C(=O)C(C)(N)C(F)(F)F)CC(C)S1. The lowest BCUT2D eigenvalue weighted by Gasteiger charge is -2.39. The van der Waals surface area contributed by atoms with Gasteiger partial charge in [-0.15, -0.1) is 0 Å². The van der Waals surface area contributed by atoms with Gasteiger partial charge >= 0.3 is 6.18 Å². The van der Waals surface area contributed by atoms with Gasteiger partial charge in [-0.25, -0.2) is 0 Å². The molecule has 0 bridgehead atoms. The molecule has 0 aromatic carbocycles. The summed E-state index contributed by atoms with van der Waals surface area (Å²) in [7, 11) is 0. The van der Waals surface area contributed by atoms with Crippen molar-refractivity contribution in [2.45, 2.75) is 43.0 Å². The minimum Gasteiger partial charge on any atom is -0.339 e. The van der Waals surface area contributed by atoms with Crippen molar-refractivity contribution < 1.29 is 18.0 Å². The number of amides is 1. The molecule has 0 radical (unpaired) electrons. The van der Waals surface area contributed by atoms with Gasteiger partial charge in [-0.2, -0.15) is 24.9 Å². The second-order valence-electron chi connectivity index (χ2n) is 4.67. The largest absolute Gasteiger partial charge is 0.415 e. The average molecular weight is 270 g/mol. The molecule has 2 N–H and O–H groups in total. The maximum Gasteiger partial charge on any atom is 0.415 e. The molecule has 0 aliphatic carbocycles. The molecular formula is C10H17F3N2OS. The van der Waals surface area contributed by atoms with Gasteiger partial charge in [0, 0.05) is 23.6 Å². The summed E-state index contributed by atoms with van der Waals surface area (Å²) in [5, 5.41) is 0.262. The zero-order chi connectivity index (χ0) is 13.4. The number of nitrogens with two attached hydrogens (primary N) is 1. The van der Waals surface area contributed by atoms with E-state index in [4.69, 9.17) is 5.73 Å². The Morgan fingerprint density at radius 2 is 1.71 bits per heavy atom. The first-order valence-electron chi connectivity index (χ1n) is 5.36. The molecule has 3 unspecified atom stereocenters. The van der Waals surface area contributed by atoms with Gasteiger partial charge in [0.25, 0.3) is 5.91 Å². The first-order chi connectivity index (χ1) is 7.55. The Balaban J connectivity index is 2.83. The summed E-state index contributed by atoms with van der Waals surface area (Å²) in [6.45, 7) is 5.14. The van der Waals surface area contributed by atoms with Crippen LogP contribution in [0.3, 0.4) is 0 Å². The van der Waals surface area contributed by atoms with E-state index in [-0.39, 0.29) is 10.5 Å². The van der Waals surface area contributed by atoms with E-state index in [2.05, 4.69) is 0 Å². The van der Waals surface area contributed by atoms with Crippen molar-refractivity contribution in [1.29, 1.82) is 0 Å². The number of alkyl halides is 3. The zero-order valence-corrected chi connectivity index (χ0v) is 10.9. The number of carbonyl (C=O) groups excluding carboxylic acids is 1. The Kier molecular flexibility index (Phi) is 4.03. The lowest BCUT2D eigenvalue weighted by atomic mass is 10.0. The number of rotatable bonds is 1. The zero-order valence-electron chi connectivity index (χ0n) is 10.0. The number of thioether (sulfide) groups is 1. The molecule has 0 spiro atoms. The number of carbonyl (C=O) groups is 1. The number of nitrogens with zero attached hydrogens (tertiary/aromatic N) is 1. The number of halogens is 3. The maximum atomic E-state index is 12.7. The van der Waals surface area contributed by atoms with Crippen molar-refractivity contribution >= 4 is 17.7 Å². The van der Waals surface area contributed by atoms with E-state index in [1.54, 1.807) is 11.8 Å². The van der Waals surface area contributed by atoms with Gasteiger partial charge in [0.2, 0.25) is 0 Å². The molecule has 7 heteroatoms. The van der Waals surface area contributed by atoms with Crippen LogP contribution >= 0.6 is 11.8 Å². The van der Waals surface area contributed by atoms with Gasteiger partial charge in [-0.05, 0) is 6.92 Å². The predicted molar refractivity (Wildman–Crippen MR) is 61.7 cm³/mol. The van der Waals surface area contributed by atoms with Crippen LogP contribution in [0.2, 0.25) is 0 Å². The fraction of sp³-hybridized carbons (Fsp3) is 0.900. The minimum atomic E-state index is -4.72. The molecule has 3 nitrogen and oxygen atoms in total. The normalized spacial score (nSPS) is 29.9. The molecule has 1 aliphatic heterocycles. The summed E-state index contributed by atoms with van der Waals surface area (Å²) in [6.07, 6.45) is -4.72. The minimum absolute atomic E-state index is 0.131. The second kappa shape index (κ2) is 4.68. The summed E-state index contributed by atoms with van der Waals surface area (Å²) in [5.74, 6) is -1.04. The van der Waals surface area contributed by atoms with Crippen LogP contribution in [0.5, 0.6) is 0 Å². The highest BCUT2D eigenvalue weighted by atomic mass is 32.2. The van der Waals surface area contributed by atoms with E-state index >= 15 is 0 Å². The average Bonchev–Trinajstić information content (AvgIpc) is 2.13. The first kappa shape index (κ1) is 14.6. The van der Waals surface area contributed by atoms with Gasteiger partial charge in [0.15, 0.2) is 5.54 Å². The molecule has 3 atom stereocenters. The Labute approximate surface area is 103 Å². The third kappa shape index (κ3) is 3.07. The van der Waals surface area contributed by atoms with E-state index in [9.17, 15) is 18.0 Å². The fourth-order valence-corrected chi connectivity index (χ4v) is 3.12. The molecule has 1 saturated heterocycles. The topological polar surface area (TPSA) is 46.3 Å². The molecule has 1 heterocycles. The molecule has 100 valence electrons. The molecule has 1 rings (SSSR count). The van der Waals surface area contributed by atoms with Crippen LogP contribution in [-0.2, 0) is 4.79 Å². The van der Waals surface area contributed by atoms with Crippen molar-refractivity contribution in [1.82, 2.24) is 4.90 Å². The number of hydrogen-bond donors (Lipinski definition) is 1. The van der Waals surface area contributed by atoms with Crippen molar-refractivity contribution in [2.75, 3.05) is 13.1 Å². The monoisotopic (exact) mass is 270 g/mol. The van der Waals surface area contributed by atoms with Crippen molar-refractivity contribution in [3.05, 3.63) is 0 Å². The van der Waals surface area contributed by atoms with Gasteiger partial charge in [0.05, 0.1) is 0 Å². The van der Waals surface area contributed by atoms with Gasteiger partial charge in [-0.3, -0.25) is 4.79 Å². The molecule has 1 amide bonds. The van der Waals surface area contributed by atoms with Crippen LogP contribution in [-0.4, -0.2) is 46.1 Å². The number of hydrogen-bond acceptors (Lipinski definition) is 3. The van der Waals surface area contributed by atoms with Gasteiger partial charge in [-0.1, -0.05) is 13.8 Å². The van der Waals surface area contributed by atoms with E-state index in [1.807, 2.05) is 13.8 Å². The lowest BCUT2D eigenvalue weighted by Crippen LogP contribution is -2.64. The summed E-state index contributed by atoms with van der Waals surface area (Å²) in [6, 6.07) is 0. The highest BCUT2D eigenvalue weighted by Crippen LogP contribution is 2.32. The molecule has 0 saturated carbocycles. The summed E-state index contributed by atoms with van der Waals surface area (Å²) in [5.41, 5.74) is 2.34. The van der Waals surface area contributed by atoms with Crippen LogP contribution in [0.25, 0.3) is 0 Å². The Hall–Kier alpha value is -0.430. The molecule has 0 aromatic heterocycles. The standard InChI is InChI=1S/C10H17F3N2OS/c1-6-4-15(5-7(2)17-6)8(16)9(3,14)10(11,12)13/h6-7H,4-5,14H2,1-3H3. The van der Waals surface area contributed by atoms with E-state index in [0.717, 1.165) is 6.92 Å². The highest BCUT2D eigenvalue weighted by Gasteiger charge is 2.55. The smallest absolute Gasteiger partial charge is 0.339 e. The summed E-state index contributed by atoms with van der Waals surface area (Å²) in [4.78, 5) is 13.1. The van der Waals surface area contributed by atoms with Crippen LogP contribution in [0.4, 0.5) is 13.2 Å². The van der Waals surface area contributed by atoms with E-state index < -0.39 is 17.6 Å². The lowest BCUT2D eigenvalue weighted by molar-refractivity contribution is -0.193. The Bertz CT molecular complexity index is 296. The molecule has 1 aliphatic rings. The van der Waals surface area contributed by atoms with E-state index in [0.29, 0.717) is 13.1 Å². The first-order valence-corrected chi connectivity index (χ1v) is 6.30. The van der Waals surface area contributed by atoms with Crippen molar-refractivity contribution in [3.63, 3.8) is 0 Å². The van der Waals surface area contributed by atoms with Crippen LogP contribution in [0.15, 0.2) is 0 Å². The van der Waals surface area contributed by atoms with Crippen LogP contribution < -0.4 is 5.73 Å². The van der Waals surface area contributed by atoms with Crippen LogP contribution in [0, 0.1) is 0 Å². The fourth-order valence-electron chi connectivity index (χ4n) is 1.79. The van der Waals surface area contributed by atoms with Gasteiger partial charge < -0.3 is 10.6 Å². The van der Waals surface area contributed by atoms with Crippen molar-refractivity contribution in [2.24, 2.45) is 5.73 Å².